The number of anilines is 2. The lowest BCUT2D eigenvalue weighted by molar-refractivity contribution is -0.138. The van der Waals surface area contributed by atoms with Gasteiger partial charge in [0.05, 0.1) is 21.0 Å². The number of hydrogen-bond acceptors (Lipinski definition) is 5. The molecule has 1 aliphatic rings. The van der Waals surface area contributed by atoms with Gasteiger partial charge >= 0.3 is 6.18 Å². The maximum Gasteiger partial charge on any atom is 0.416 e. The van der Waals surface area contributed by atoms with Gasteiger partial charge in [-0.15, -0.1) is 0 Å². The molecule has 0 radical (unpaired) electrons. The van der Waals surface area contributed by atoms with E-state index in [4.69, 9.17) is 0 Å². The average Bonchev–Trinajstić information content (AvgIpc) is 2.95. The van der Waals surface area contributed by atoms with Gasteiger partial charge < -0.3 is 4.90 Å². The molecular formula is C17H16F3NO4S2. The highest BCUT2D eigenvalue weighted by Crippen LogP contribution is 2.43. The minimum absolute atomic E-state index is 0.0941. The summed E-state index contributed by atoms with van der Waals surface area (Å²) in [6.45, 7) is 0.156. The third-order valence-electron chi connectivity index (χ3n) is 4.38. The Labute approximate surface area is 155 Å². The molecule has 2 aromatic rings. The molecule has 0 fully saturated rings. The second-order valence-electron chi connectivity index (χ2n) is 6.38. The van der Waals surface area contributed by atoms with Crippen LogP contribution in [0, 0.1) is 0 Å². The van der Waals surface area contributed by atoms with Gasteiger partial charge in [0, 0.05) is 24.7 Å². The fourth-order valence-corrected chi connectivity index (χ4v) is 4.82. The van der Waals surface area contributed by atoms with E-state index in [1.165, 1.54) is 29.2 Å². The SMILES string of the molecule is CS(=O)(=O)c1ccc(N2CCc3c2cccc3C(F)(F)F)c(S(C)(=O)=O)c1. The first kappa shape index (κ1) is 19.7. The predicted octanol–water partition coefficient (Wildman–Crippen LogP) is 3.21. The summed E-state index contributed by atoms with van der Waals surface area (Å²) in [7, 11) is -7.47. The van der Waals surface area contributed by atoms with Crippen molar-refractivity contribution in [1.82, 2.24) is 0 Å². The molecule has 0 bridgehead atoms. The molecule has 0 atom stereocenters. The first-order chi connectivity index (χ1) is 12.3. The number of benzene rings is 2. The number of alkyl halides is 3. The fraction of sp³-hybridized carbons (Fsp3) is 0.294. The Morgan fingerprint density at radius 1 is 0.926 bits per heavy atom. The van der Waals surface area contributed by atoms with Crippen molar-refractivity contribution in [2.45, 2.75) is 22.4 Å². The topological polar surface area (TPSA) is 71.5 Å². The number of halogens is 3. The number of nitrogens with zero attached hydrogens (tertiary/aromatic N) is 1. The van der Waals surface area contributed by atoms with Crippen LogP contribution in [-0.4, -0.2) is 35.9 Å². The summed E-state index contributed by atoms with van der Waals surface area (Å²) in [5.41, 5.74) is -0.238. The minimum atomic E-state index is -4.51. The van der Waals surface area contributed by atoms with Crippen molar-refractivity contribution in [2.24, 2.45) is 0 Å². The zero-order valence-corrected chi connectivity index (χ0v) is 16.0. The van der Waals surface area contributed by atoms with Crippen LogP contribution in [0.3, 0.4) is 0 Å². The summed E-state index contributed by atoms with van der Waals surface area (Å²) >= 11 is 0. The van der Waals surface area contributed by atoms with Crippen LogP contribution in [0.5, 0.6) is 0 Å². The van der Waals surface area contributed by atoms with Crippen molar-refractivity contribution in [3.63, 3.8) is 0 Å². The monoisotopic (exact) mass is 419 g/mol. The molecule has 0 aromatic heterocycles. The molecular weight excluding hydrogens is 403 g/mol. The molecule has 5 nitrogen and oxygen atoms in total. The minimum Gasteiger partial charge on any atom is -0.340 e. The van der Waals surface area contributed by atoms with Crippen LogP contribution in [0.2, 0.25) is 0 Å². The van der Waals surface area contributed by atoms with Gasteiger partial charge in [-0.25, -0.2) is 16.8 Å². The van der Waals surface area contributed by atoms with E-state index in [9.17, 15) is 30.0 Å². The van der Waals surface area contributed by atoms with Gasteiger partial charge in [0.2, 0.25) is 0 Å². The molecule has 0 saturated heterocycles. The van der Waals surface area contributed by atoms with Crippen LogP contribution in [0.25, 0.3) is 0 Å². The summed E-state index contributed by atoms with van der Waals surface area (Å²) in [4.78, 5) is 1.07. The van der Waals surface area contributed by atoms with E-state index >= 15 is 0 Å². The Morgan fingerprint density at radius 2 is 1.59 bits per heavy atom. The molecule has 1 heterocycles. The normalized spacial score (nSPS) is 15.1. The summed E-state index contributed by atoms with van der Waals surface area (Å²) < 4.78 is 87.7. The highest BCUT2D eigenvalue weighted by molar-refractivity contribution is 7.91. The number of rotatable bonds is 3. The second-order valence-corrected chi connectivity index (χ2v) is 10.4. The van der Waals surface area contributed by atoms with Gasteiger partial charge in [-0.05, 0) is 42.3 Å². The maximum absolute atomic E-state index is 13.2. The highest BCUT2D eigenvalue weighted by atomic mass is 32.2. The summed E-state index contributed by atoms with van der Waals surface area (Å²) in [6, 6.07) is 7.38. The maximum atomic E-state index is 13.2. The van der Waals surface area contributed by atoms with Crippen molar-refractivity contribution >= 4 is 31.0 Å². The van der Waals surface area contributed by atoms with Crippen LogP contribution < -0.4 is 4.90 Å². The Balaban J connectivity index is 2.21. The molecule has 3 rings (SSSR count). The Bertz CT molecular complexity index is 1120. The van der Waals surface area contributed by atoms with Crippen molar-refractivity contribution in [2.75, 3.05) is 24.0 Å². The summed E-state index contributed by atoms with van der Waals surface area (Å²) in [6.07, 6.45) is -2.53. The largest absolute Gasteiger partial charge is 0.416 e. The third kappa shape index (κ3) is 3.68. The van der Waals surface area contributed by atoms with Crippen molar-refractivity contribution < 1.29 is 30.0 Å². The standard InChI is InChI=1S/C17H16F3NO4S2/c1-26(22,23)11-6-7-15(16(10-11)27(2,24)25)21-9-8-12-13(17(18,19)20)4-3-5-14(12)21/h3-7,10H,8-9H2,1-2H3. The van der Waals surface area contributed by atoms with Gasteiger partial charge in [-0.1, -0.05) is 6.07 Å². The highest BCUT2D eigenvalue weighted by Gasteiger charge is 2.37. The first-order valence-corrected chi connectivity index (χ1v) is 11.6. The van der Waals surface area contributed by atoms with Crippen molar-refractivity contribution in [3.8, 4) is 0 Å². The lowest BCUT2D eigenvalue weighted by Crippen LogP contribution is -2.17. The van der Waals surface area contributed by atoms with Gasteiger partial charge in [-0.3, -0.25) is 0 Å². The molecule has 1 aliphatic heterocycles. The quantitative estimate of drug-likeness (QED) is 0.764. The van der Waals surface area contributed by atoms with Crippen LogP contribution in [-0.2, 0) is 32.3 Å². The van der Waals surface area contributed by atoms with Gasteiger partial charge in [0.15, 0.2) is 19.7 Å². The van der Waals surface area contributed by atoms with Gasteiger partial charge in [-0.2, -0.15) is 13.2 Å². The van der Waals surface area contributed by atoms with E-state index in [0.717, 1.165) is 24.6 Å². The molecule has 0 unspecified atom stereocenters. The molecule has 10 heteroatoms. The van der Waals surface area contributed by atoms with Gasteiger partial charge in [0.1, 0.15) is 0 Å². The molecule has 0 aliphatic carbocycles. The number of hydrogen-bond donors (Lipinski definition) is 0. The van der Waals surface area contributed by atoms with Crippen LogP contribution >= 0.6 is 0 Å². The molecule has 2 aromatic carbocycles. The Kier molecular flexibility index (Phi) is 4.54. The van der Waals surface area contributed by atoms with Gasteiger partial charge in [0.25, 0.3) is 0 Å². The zero-order chi connectivity index (χ0) is 20.2. The van der Waals surface area contributed by atoms with Crippen molar-refractivity contribution in [1.29, 1.82) is 0 Å². The fourth-order valence-electron chi connectivity index (χ4n) is 3.20. The van der Waals surface area contributed by atoms with Crippen LogP contribution in [0.4, 0.5) is 24.5 Å². The van der Waals surface area contributed by atoms with E-state index in [1.807, 2.05) is 0 Å². The molecule has 0 spiro atoms. The van der Waals surface area contributed by atoms with Crippen LogP contribution in [0.15, 0.2) is 46.2 Å². The predicted molar refractivity (Wildman–Crippen MR) is 94.8 cm³/mol. The molecule has 27 heavy (non-hydrogen) atoms. The van der Waals surface area contributed by atoms with E-state index < -0.39 is 31.4 Å². The molecule has 146 valence electrons. The van der Waals surface area contributed by atoms with E-state index in [0.29, 0.717) is 0 Å². The Morgan fingerprint density at radius 3 is 2.15 bits per heavy atom. The van der Waals surface area contributed by atoms with E-state index in [2.05, 4.69) is 0 Å². The molecule has 0 saturated carbocycles. The smallest absolute Gasteiger partial charge is 0.340 e. The number of sulfone groups is 2. The van der Waals surface area contributed by atoms with E-state index in [1.54, 1.807) is 0 Å². The van der Waals surface area contributed by atoms with Crippen LogP contribution in [0.1, 0.15) is 11.1 Å². The summed E-state index contributed by atoms with van der Waals surface area (Å²) in [5, 5.41) is 0. The number of fused-ring (bicyclic) bond motifs is 1. The first-order valence-electron chi connectivity index (χ1n) is 7.81. The summed E-state index contributed by atoms with van der Waals surface area (Å²) in [5.74, 6) is 0. The molecule has 0 amide bonds. The average molecular weight is 419 g/mol. The lowest BCUT2D eigenvalue weighted by Gasteiger charge is -2.23. The van der Waals surface area contributed by atoms with Crippen molar-refractivity contribution in [3.05, 3.63) is 47.5 Å². The third-order valence-corrected chi connectivity index (χ3v) is 6.62. The van der Waals surface area contributed by atoms with E-state index in [-0.39, 0.29) is 39.7 Å². The Hall–Kier alpha value is -2.07. The zero-order valence-electron chi connectivity index (χ0n) is 14.4. The molecule has 0 N–H and O–H groups in total. The lowest BCUT2D eigenvalue weighted by atomic mass is 10.0. The second kappa shape index (κ2) is 6.23.